The van der Waals surface area contributed by atoms with Crippen LogP contribution >= 0.6 is 0 Å². The summed E-state index contributed by atoms with van der Waals surface area (Å²) in [5.41, 5.74) is 0.243. The van der Waals surface area contributed by atoms with E-state index in [0.717, 1.165) is 0 Å². The lowest BCUT2D eigenvalue weighted by molar-refractivity contribution is -0.129. The summed E-state index contributed by atoms with van der Waals surface area (Å²) in [7, 11) is 0. The van der Waals surface area contributed by atoms with Crippen molar-refractivity contribution in [2.75, 3.05) is 0 Å². The van der Waals surface area contributed by atoms with Crippen LogP contribution in [0.25, 0.3) is 0 Å². The monoisotopic (exact) mass is 365 g/mol. The van der Waals surface area contributed by atoms with E-state index in [1.807, 2.05) is 18.2 Å². The van der Waals surface area contributed by atoms with Crippen molar-refractivity contribution < 1.29 is 23.5 Å². The first-order valence-electron chi connectivity index (χ1n) is 8.46. The molecule has 0 aliphatic rings. The average molecular weight is 365 g/mol. The molecule has 6 nitrogen and oxygen atoms in total. The molecule has 0 fully saturated rings. The second kappa shape index (κ2) is 8.71. The zero-order chi connectivity index (χ0) is 19.1. The third kappa shape index (κ3) is 4.98. The van der Waals surface area contributed by atoms with E-state index in [4.69, 9.17) is 13.9 Å². The number of nitrogens with one attached hydrogen (secondary N) is 1. The van der Waals surface area contributed by atoms with Gasteiger partial charge in [0.25, 0.3) is 5.91 Å². The maximum absolute atomic E-state index is 12.5. The molecule has 1 atom stereocenters. The first kappa shape index (κ1) is 18.3. The molecule has 1 N–H and O–H groups in total. The van der Waals surface area contributed by atoms with Gasteiger partial charge in [-0.3, -0.25) is 4.79 Å². The summed E-state index contributed by atoms with van der Waals surface area (Å²) < 4.78 is 16.2. The van der Waals surface area contributed by atoms with E-state index in [-0.39, 0.29) is 12.1 Å². The van der Waals surface area contributed by atoms with E-state index in [9.17, 15) is 9.59 Å². The minimum Gasteiger partial charge on any atom is -0.467 e. The molecule has 0 bridgehead atoms. The average Bonchev–Trinajstić information content (AvgIpc) is 3.21. The number of furan rings is 1. The molecule has 138 valence electrons. The lowest BCUT2D eigenvalue weighted by atomic mass is 10.2. The lowest BCUT2D eigenvalue weighted by Gasteiger charge is -2.15. The number of benzene rings is 2. The predicted molar refractivity (Wildman–Crippen MR) is 98.4 cm³/mol. The molecular formula is C21H19NO5. The van der Waals surface area contributed by atoms with Crippen LogP contribution in [0.2, 0.25) is 0 Å². The van der Waals surface area contributed by atoms with Gasteiger partial charge in [0, 0.05) is 0 Å². The van der Waals surface area contributed by atoms with Crippen LogP contribution in [-0.4, -0.2) is 18.0 Å². The summed E-state index contributed by atoms with van der Waals surface area (Å²) in [4.78, 5) is 24.6. The van der Waals surface area contributed by atoms with Crippen molar-refractivity contribution in [2.24, 2.45) is 0 Å². The molecule has 1 aromatic heterocycles. The third-order valence-electron chi connectivity index (χ3n) is 3.75. The van der Waals surface area contributed by atoms with E-state index in [0.29, 0.717) is 17.3 Å². The Kier molecular flexibility index (Phi) is 5.89. The molecule has 1 heterocycles. The first-order chi connectivity index (χ1) is 13.1. The molecule has 0 spiro atoms. The van der Waals surface area contributed by atoms with Crippen LogP contribution in [-0.2, 0) is 16.1 Å². The fourth-order valence-electron chi connectivity index (χ4n) is 2.35. The smallest absolute Gasteiger partial charge is 0.342 e. The molecule has 0 unspecified atom stereocenters. The van der Waals surface area contributed by atoms with Gasteiger partial charge in [0.2, 0.25) is 0 Å². The largest absolute Gasteiger partial charge is 0.467 e. The Bertz CT molecular complexity index is 890. The van der Waals surface area contributed by atoms with Gasteiger partial charge in [0.15, 0.2) is 6.10 Å². The molecule has 0 aliphatic carbocycles. The molecule has 0 saturated carbocycles. The molecule has 1 amide bonds. The summed E-state index contributed by atoms with van der Waals surface area (Å²) in [5, 5.41) is 2.65. The maximum atomic E-state index is 12.5. The fraction of sp³-hybridized carbons (Fsp3) is 0.143. The second-order valence-corrected chi connectivity index (χ2v) is 5.76. The summed E-state index contributed by atoms with van der Waals surface area (Å²) in [5.74, 6) is 0.519. The minimum absolute atomic E-state index is 0.224. The highest BCUT2D eigenvalue weighted by atomic mass is 16.5. The summed E-state index contributed by atoms with van der Waals surface area (Å²) in [6, 6.07) is 19.3. The number of carbonyl (C=O) groups is 2. The Hall–Kier alpha value is -3.54. The SMILES string of the molecule is C[C@@H](OC(=O)c1ccccc1Oc1ccccc1)C(=O)NCc1ccco1. The van der Waals surface area contributed by atoms with Crippen molar-refractivity contribution in [1.29, 1.82) is 0 Å². The Balaban J connectivity index is 1.62. The number of ether oxygens (including phenoxy) is 2. The summed E-state index contributed by atoms with van der Waals surface area (Å²) >= 11 is 0. The maximum Gasteiger partial charge on any atom is 0.342 e. The van der Waals surface area contributed by atoms with Crippen molar-refractivity contribution in [3.63, 3.8) is 0 Å². The van der Waals surface area contributed by atoms with E-state index in [1.54, 1.807) is 48.5 Å². The third-order valence-corrected chi connectivity index (χ3v) is 3.75. The Morgan fingerprint density at radius 3 is 2.48 bits per heavy atom. The number of esters is 1. The van der Waals surface area contributed by atoms with Crippen LogP contribution in [0.15, 0.2) is 77.4 Å². The van der Waals surface area contributed by atoms with Crippen LogP contribution < -0.4 is 10.1 Å². The highest BCUT2D eigenvalue weighted by Crippen LogP contribution is 2.25. The molecule has 2 aromatic carbocycles. The van der Waals surface area contributed by atoms with Crippen molar-refractivity contribution >= 4 is 11.9 Å². The van der Waals surface area contributed by atoms with Crippen molar-refractivity contribution in [1.82, 2.24) is 5.32 Å². The van der Waals surface area contributed by atoms with Crippen molar-refractivity contribution in [3.8, 4) is 11.5 Å². The highest BCUT2D eigenvalue weighted by Gasteiger charge is 2.21. The lowest BCUT2D eigenvalue weighted by Crippen LogP contribution is -2.35. The van der Waals surface area contributed by atoms with Gasteiger partial charge in [-0.15, -0.1) is 0 Å². The van der Waals surface area contributed by atoms with E-state index in [1.165, 1.54) is 13.2 Å². The number of amides is 1. The number of rotatable bonds is 7. The fourth-order valence-corrected chi connectivity index (χ4v) is 2.35. The second-order valence-electron chi connectivity index (χ2n) is 5.76. The molecule has 3 aromatic rings. The standard InChI is InChI=1S/C21H19NO5/c1-15(20(23)22-14-17-10-7-13-25-17)26-21(24)18-11-5-6-12-19(18)27-16-8-3-2-4-9-16/h2-13,15H,14H2,1H3,(H,22,23)/t15-/m1/s1. The van der Waals surface area contributed by atoms with Gasteiger partial charge in [0.1, 0.15) is 22.8 Å². The Morgan fingerprint density at radius 1 is 1.00 bits per heavy atom. The van der Waals surface area contributed by atoms with Gasteiger partial charge in [0.05, 0.1) is 12.8 Å². The van der Waals surface area contributed by atoms with Crippen LogP contribution in [0.5, 0.6) is 11.5 Å². The summed E-state index contributed by atoms with van der Waals surface area (Å²) in [6.07, 6.45) is 0.562. The summed E-state index contributed by atoms with van der Waals surface area (Å²) in [6.45, 7) is 1.73. The van der Waals surface area contributed by atoms with Crippen LogP contribution in [0.4, 0.5) is 0 Å². The Morgan fingerprint density at radius 2 is 1.74 bits per heavy atom. The number of para-hydroxylation sites is 2. The van der Waals surface area contributed by atoms with Gasteiger partial charge in [-0.05, 0) is 43.3 Å². The van der Waals surface area contributed by atoms with Gasteiger partial charge in [-0.1, -0.05) is 30.3 Å². The van der Waals surface area contributed by atoms with Gasteiger partial charge >= 0.3 is 5.97 Å². The topological polar surface area (TPSA) is 77.8 Å². The van der Waals surface area contributed by atoms with Crippen molar-refractivity contribution in [2.45, 2.75) is 19.6 Å². The molecule has 0 saturated heterocycles. The molecular weight excluding hydrogens is 346 g/mol. The zero-order valence-corrected chi connectivity index (χ0v) is 14.8. The van der Waals surface area contributed by atoms with Crippen LogP contribution in [0.3, 0.4) is 0 Å². The number of hydrogen-bond acceptors (Lipinski definition) is 5. The van der Waals surface area contributed by atoms with E-state index < -0.39 is 18.0 Å². The van der Waals surface area contributed by atoms with Crippen LogP contribution in [0, 0.1) is 0 Å². The van der Waals surface area contributed by atoms with Crippen LogP contribution in [0.1, 0.15) is 23.0 Å². The highest BCUT2D eigenvalue weighted by molar-refractivity contribution is 5.94. The van der Waals surface area contributed by atoms with Gasteiger partial charge < -0.3 is 19.2 Å². The number of carbonyl (C=O) groups excluding carboxylic acids is 2. The van der Waals surface area contributed by atoms with E-state index in [2.05, 4.69) is 5.32 Å². The molecule has 27 heavy (non-hydrogen) atoms. The Labute approximate surface area is 156 Å². The quantitative estimate of drug-likeness (QED) is 0.642. The molecule has 6 heteroatoms. The molecule has 0 radical (unpaired) electrons. The normalized spacial score (nSPS) is 11.4. The minimum atomic E-state index is -0.961. The number of hydrogen-bond donors (Lipinski definition) is 1. The molecule has 3 rings (SSSR count). The molecule has 0 aliphatic heterocycles. The van der Waals surface area contributed by atoms with Gasteiger partial charge in [-0.2, -0.15) is 0 Å². The van der Waals surface area contributed by atoms with Crippen molar-refractivity contribution in [3.05, 3.63) is 84.3 Å². The van der Waals surface area contributed by atoms with Gasteiger partial charge in [-0.25, -0.2) is 4.79 Å². The first-order valence-corrected chi connectivity index (χ1v) is 8.46. The van der Waals surface area contributed by atoms with E-state index >= 15 is 0 Å². The predicted octanol–water partition coefficient (Wildman–Crippen LogP) is 3.93. The zero-order valence-electron chi connectivity index (χ0n) is 14.8.